The number of halogens is 1. The maximum Gasteiger partial charge on any atom is 0.378 e. The molecule has 0 spiro atoms. The fourth-order valence-electron chi connectivity index (χ4n) is 0.559. The van der Waals surface area contributed by atoms with Crippen LogP contribution in [0.25, 0.3) is 0 Å². The highest BCUT2D eigenvalue weighted by Gasteiger charge is 2.15. The maximum atomic E-state index is 10.9. The normalized spacial score (nSPS) is 9.64. The average molecular weight is 220 g/mol. The van der Waals surface area contributed by atoms with Crippen molar-refractivity contribution in [3.63, 3.8) is 0 Å². The molecule has 0 saturated carbocycles. The zero-order valence-corrected chi connectivity index (χ0v) is 7.42. The minimum absolute atomic E-state index is 0.104. The maximum absolute atomic E-state index is 10.9. The summed E-state index contributed by atoms with van der Waals surface area (Å²) in [6, 6.07) is 0. The van der Waals surface area contributed by atoms with Crippen molar-refractivity contribution in [2.45, 2.75) is 6.92 Å². The Hall–Kier alpha value is -0.840. The molecule has 0 aliphatic carbocycles. The van der Waals surface area contributed by atoms with Gasteiger partial charge in [0, 0.05) is 0 Å². The lowest BCUT2D eigenvalue weighted by Crippen LogP contribution is -2.03. The number of hydrogen-bond acceptors (Lipinski definition) is 4. The Morgan fingerprint density at radius 1 is 1.91 bits per heavy atom. The van der Waals surface area contributed by atoms with Crippen molar-refractivity contribution in [2.75, 3.05) is 6.61 Å². The van der Waals surface area contributed by atoms with Crippen LogP contribution in [0, 0.1) is 0 Å². The number of ether oxygens (including phenoxy) is 1. The molecule has 0 aliphatic heterocycles. The van der Waals surface area contributed by atoms with Gasteiger partial charge in [0.2, 0.25) is 0 Å². The van der Waals surface area contributed by atoms with Gasteiger partial charge in [0.25, 0.3) is 5.76 Å². The molecule has 1 aromatic heterocycles. The van der Waals surface area contributed by atoms with Gasteiger partial charge in [0.15, 0.2) is 0 Å². The third kappa shape index (κ3) is 1.80. The minimum atomic E-state index is -0.503. The highest BCUT2D eigenvalue weighted by Crippen LogP contribution is 2.15. The molecule has 0 atom stereocenters. The van der Waals surface area contributed by atoms with Crippen LogP contribution in [-0.4, -0.2) is 17.7 Å². The molecular weight excluding hydrogens is 214 g/mol. The Morgan fingerprint density at radius 2 is 2.64 bits per heavy atom. The van der Waals surface area contributed by atoms with Crippen molar-refractivity contribution in [3.8, 4) is 0 Å². The van der Waals surface area contributed by atoms with Gasteiger partial charge in [0.05, 0.1) is 17.3 Å². The molecule has 4 nitrogen and oxygen atoms in total. The molecular formula is C6H6BrNO3. The van der Waals surface area contributed by atoms with E-state index in [-0.39, 0.29) is 5.76 Å². The smallest absolute Gasteiger partial charge is 0.378 e. The number of nitrogens with zero attached hydrogens (tertiary/aromatic N) is 1. The SMILES string of the molecule is CCOC(=O)c1oncc1Br. The fraction of sp³-hybridized carbons (Fsp3) is 0.333. The molecule has 1 rings (SSSR count). The first-order valence-corrected chi connectivity index (χ1v) is 3.82. The zero-order chi connectivity index (χ0) is 8.27. The van der Waals surface area contributed by atoms with Crippen LogP contribution in [0.5, 0.6) is 0 Å². The molecule has 0 aromatic carbocycles. The first-order valence-electron chi connectivity index (χ1n) is 3.03. The third-order valence-corrected chi connectivity index (χ3v) is 1.55. The van der Waals surface area contributed by atoms with Crippen LogP contribution in [-0.2, 0) is 4.74 Å². The second-order valence-corrected chi connectivity index (χ2v) is 2.58. The molecule has 5 heteroatoms. The molecule has 0 amide bonds. The number of carbonyl (C=O) groups excluding carboxylic acids is 1. The third-order valence-electron chi connectivity index (χ3n) is 0.988. The Morgan fingerprint density at radius 3 is 3.09 bits per heavy atom. The van der Waals surface area contributed by atoms with E-state index < -0.39 is 5.97 Å². The minimum Gasteiger partial charge on any atom is -0.460 e. The lowest BCUT2D eigenvalue weighted by atomic mass is 10.5. The van der Waals surface area contributed by atoms with Crippen LogP contribution in [0.15, 0.2) is 15.2 Å². The van der Waals surface area contributed by atoms with Crippen LogP contribution in [0.4, 0.5) is 0 Å². The molecule has 1 aromatic rings. The highest BCUT2D eigenvalue weighted by atomic mass is 79.9. The van der Waals surface area contributed by atoms with Crippen molar-refractivity contribution < 1.29 is 14.1 Å². The van der Waals surface area contributed by atoms with Crippen LogP contribution in [0.2, 0.25) is 0 Å². The average Bonchev–Trinajstić information content (AvgIpc) is 2.36. The Labute approximate surface area is 71.6 Å². The molecule has 0 radical (unpaired) electrons. The molecule has 0 bridgehead atoms. The van der Waals surface area contributed by atoms with E-state index in [2.05, 4.69) is 30.3 Å². The van der Waals surface area contributed by atoms with E-state index in [0.29, 0.717) is 11.1 Å². The quantitative estimate of drug-likeness (QED) is 0.710. The molecule has 1 heterocycles. The number of esters is 1. The van der Waals surface area contributed by atoms with Gasteiger partial charge >= 0.3 is 5.97 Å². The van der Waals surface area contributed by atoms with Crippen molar-refractivity contribution in [3.05, 3.63) is 16.4 Å². The van der Waals surface area contributed by atoms with Gasteiger partial charge in [-0.3, -0.25) is 0 Å². The first kappa shape index (κ1) is 8.26. The van der Waals surface area contributed by atoms with Gasteiger partial charge < -0.3 is 9.26 Å². The van der Waals surface area contributed by atoms with E-state index >= 15 is 0 Å². The van der Waals surface area contributed by atoms with Crippen molar-refractivity contribution in [1.29, 1.82) is 0 Å². The summed E-state index contributed by atoms with van der Waals surface area (Å²) in [5, 5.41) is 3.40. The van der Waals surface area contributed by atoms with E-state index in [1.165, 1.54) is 6.20 Å². The highest BCUT2D eigenvalue weighted by molar-refractivity contribution is 9.10. The first-order chi connectivity index (χ1) is 5.25. The molecule has 0 N–H and O–H groups in total. The van der Waals surface area contributed by atoms with Gasteiger partial charge in [-0.1, -0.05) is 5.16 Å². The zero-order valence-electron chi connectivity index (χ0n) is 5.83. The monoisotopic (exact) mass is 219 g/mol. The van der Waals surface area contributed by atoms with Crippen LogP contribution in [0.1, 0.15) is 17.5 Å². The summed E-state index contributed by atoms with van der Waals surface area (Å²) in [6.07, 6.45) is 1.40. The Bertz CT molecular complexity index is 258. The Balaban J connectivity index is 2.76. The number of carbonyl (C=O) groups is 1. The number of rotatable bonds is 2. The van der Waals surface area contributed by atoms with Gasteiger partial charge in [-0.25, -0.2) is 4.79 Å². The topological polar surface area (TPSA) is 52.3 Å². The number of aromatic nitrogens is 1. The van der Waals surface area contributed by atoms with Crippen LogP contribution < -0.4 is 0 Å². The van der Waals surface area contributed by atoms with E-state index in [4.69, 9.17) is 0 Å². The van der Waals surface area contributed by atoms with E-state index in [9.17, 15) is 4.79 Å². The predicted octanol–water partition coefficient (Wildman–Crippen LogP) is 1.61. The summed E-state index contributed by atoms with van der Waals surface area (Å²) in [4.78, 5) is 10.9. The second kappa shape index (κ2) is 3.52. The van der Waals surface area contributed by atoms with E-state index in [1.54, 1.807) is 6.92 Å². The van der Waals surface area contributed by atoms with Crippen molar-refractivity contribution in [1.82, 2.24) is 5.16 Å². The van der Waals surface area contributed by atoms with Crippen molar-refractivity contribution in [2.24, 2.45) is 0 Å². The summed E-state index contributed by atoms with van der Waals surface area (Å²) in [7, 11) is 0. The molecule has 0 unspecified atom stereocenters. The van der Waals surface area contributed by atoms with Crippen molar-refractivity contribution >= 4 is 21.9 Å². The number of hydrogen-bond donors (Lipinski definition) is 0. The molecule has 0 saturated heterocycles. The lowest BCUT2D eigenvalue weighted by molar-refractivity contribution is 0.0478. The molecule has 60 valence electrons. The van der Waals surface area contributed by atoms with Gasteiger partial charge in [-0.2, -0.15) is 0 Å². The van der Waals surface area contributed by atoms with Crippen LogP contribution >= 0.6 is 15.9 Å². The summed E-state index contributed by atoms with van der Waals surface area (Å²) in [6.45, 7) is 2.05. The lowest BCUT2D eigenvalue weighted by Gasteiger charge is -1.95. The van der Waals surface area contributed by atoms with Crippen LogP contribution in [0.3, 0.4) is 0 Å². The fourth-order valence-corrected chi connectivity index (χ4v) is 0.877. The summed E-state index contributed by atoms with van der Waals surface area (Å²) < 4.78 is 9.78. The van der Waals surface area contributed by atoms with E-state index in [1.807, 2.05) is 0 Å². The van der Waals surface area contributed by atoms with E-state index in [0.717, 1.165) is 0 Å². The molecule has 0 aliphatic rings. The summed E-state index contributed by atoms with van der Waals surface area (Å²) in [5.41, 5.74) is 0. The molecule has 11 heavy (non-hydrogen) atoms. The summed E-state index contributed by atoms with van der Waals surface area (Å²) in [5.74, 6) is -0.399. The van der Waals surface area contributed by atoms with Gasteiger partial charge in [0.1, 0.15) is 0 Å². The van der Waals surface area contributed by atoms with Gasteiger partial charge in [-0.15, -0.1) is 0 Å². The predicted molar refractivity (Wildman–Crippen MR) is 40.2 cm³/mol. The largest absolute Gasteiger partial charge is 0.460 e. The summed E-state index contributed by atoms with van der Waals surface area (Å²) >= 11 is 3.08. The molecule has 0 fully saturated rings. The van der Waals surface area contributed by atoms with Gasteiger partial charge in [-0.05, 0) is 22.9 Å². The second-order valence-electron chi connectivity index (χ2n) is 1.72. The standard InChI is InChI=1S/C6H6BrNO3/c1-2-10-6(9)5-4(7)3-8-11-5/h3H,2H2,1H3. The Kier molecular flexibility index (Phi) is 2.64.